The van der Waals surface area contributed by atoms with Crippen molar-refractivity contribution in [1.82, 2.24) is 0 Å². The highest BCUT2D eigenvalue weighted by Crippen LogP contribution is 2.22. The lowest BCUT2D eigenvalue weighted by atomic mass is 10.00. The molecule has 1 aliphatic carbocycles. The molecule has 1 aliphatic rings. The number of hydrogen-bond donors (Lipinski definition) is 1. The van der Waals surface area contributed by atoms with Crippen LogP contribution in [0.1, 0.15) is 19.3 Å². The third-order valence-electron chi connectivity index (χ3n) is 4.97. The molecule has 2 aromatic rings. The van der Waals surface area contributed by atoms with Crippen LogP contribution in [0.4, 0.5) is 0 Å². The summed E-state index contributed by atoms with van der Waals surface area (Å²) in [7, 11) is 1.41. The topological polar surface area (TPSA) is 65.0 Å². The Labute approximate surface area is 177 Å². The Morgan fingerprint density at radius 1 is 1.07 bits per heavy atom. The monoisotopic (exact) mass is 408 g/mol. The maximum absolute atomic E-state index is 11.0. The molecular formula is C25H28O5. The smallest absolute Gasteiger partial charge is 0.333 e. The van der Waals surface area contributed by atoms with Gasteiger partial charge in [0, 0.05) is 20.0 Å². The molecule has 1 unspecified atom stereocenters. The largest absolute Gasteiger partial charge is 0.494 e. The summed E-state index contributed by atoms with van der Waals surface area (Å²) in [6.45, 7) is 1.20. The quantitative estimate of drug-likeness (QED) is 0.537. The number of allylic oxidation sites excluding steroid dienone is 1. The fourth-order valence-corrected chi connectivity index (χ4v) is 3.26. The molecule has 0 aromatic heterocycles. The van der Waals surface area contributed by atoms with Crippen LogP contribution in [-0.4, -0.2) is 43.6 Å². The van der Waals surface area contributed by atoms with Gasteiger partial charge in [0.05, 0.1) is 19.3 Å². The molecule has 158 valence electrons. The van der Waals surface area contributed by atoms with Gasteiger partial charge in [0.1, 0.15) is 5.75 Å². The van der Waals surface area contributed by atoms with E-state index in [1.807, 2.05) is 48.6 Å². The molecule has 3 rings (SSSR count). The molecule has 5 nitrogen and oxygen atoms in total. The van der Waals surface area contributed by atoms with Gasteiger partial charge >= 0.3 is 5.97 Å². The lowest BCUT2D eigenvalue weighted by molar-refractivity contribution is -0.148. The average Bonchev–Trinajstić information content (AvgIpc) is 2.79. The zero-order chi connectivity index (χ0) is 21.2. The molecule has 5 heteroatoms. The molecule has 0 amide bonds. The minimum atomic E-state index is -0.945. The zero-order valence-corrected chi connectivity index (χ0v) is 17.2. The summed E-state index contributed by atoms with van der Waals surface area (Å²) in [5.74, 6) is -0.0918. The number of ether oxygens (including phenoxy) is 3. The molecule has 2 aromatic carbocycles. The SMILES string of the molecule is CO[C@@H](CC1=CCC(OCCCOc2ccc(-c3ccccc3)cc2)C=C1)C(=O)O. The molecular weight excluding hydrogens is 380 g/mol. The molecule has 30 heavy (non-hydrogen) atoms. The van der Waals surface area contributed by atoms with E-state index in [1.165, 1.54) is 18.2 Å². The molecule has 0 spiro atoms. The van der Waals surface area contributed by atoms with Gasteiger partial charge in [-0.05, 0) is 35.3 Å². The van der Waals surface area contributed by atoms with Gasteiger partial charge in [0.15, 0.2) is 6.10 Å². The van der Waals surface area contributed by atoms with Gasteiger partial charge in [-0.1, -0.05) is 60.7 Å². The van der Waals surface area contributed by atoms with Gasteiger partial charge in [-0.25, -0.2) is 4.79 Å². The second kappa shape index (κ2) is 11.3. The Kier molecular flexibility index (Phi) is 8.24. The minimum absolute atomic E-state index is 0.0183. The van der Waals surface area contributed by atoms with Crippen molar-refractivity contribution in [3.05, 3.63) is 78.4 Å². The Bertz CT molecular complexity index is 855. The summed E-state index contributed by atoms with van der Waals surface area (Å²) in [6, 6.07) is 18.4. The van der Waals surface area contributed by atoms with E-state index in [-0.39, 0.29) is 6.10 Å². The van der Waals surface area contributed by atoms with Crippen LogP contribution in [0, 0.1) is 0 Å². The number of rotatable bonds is 11. The van der Waals surface area contributed by atoms with Gasteiger partial charge in [-0.15, -0.1) is 0 Å². The number of carbonyl (C=O) groups is 1. The Morgan fingerprint density at radius 3 is 2.43 bits per heavy atom. The van der Waals surface area contributed by atoms with Gasteiger partial charge in [0.25, 0.3) is 0 Å². The van der Waals surface area contributed by atoms with Crippen LogP contribution in [-0.2, 0) is 14.3 Å². The van der Waals surface area contributed by atoms with Crippen LogP contribution in [0.2, 0.25) is 0 Å². The maximum Gasteiger partial charge on any atom is 0.333 e. The Balaban J connectivity index is 1.32. The van der Waals surface area contributed by atoms with Gasteiger partial charge in [-0.3, -0.25) is 0 Å². The van der Waals surface area contributed by atoms with E-state index in [0.29, 0.717) is 19.6 Å². The van der Waals surface area contributed by atoms with E-state index in [0.717, 1.165) is 24.2 Å². The average molecular weight is 408 g/mol. The molecule has 0 saturated carbocycles. The third-order valence-corrected chi connectivity index (χ3v) is 4.97. The third kappa shape index (κ3) is 6.58. The van der Waals surface area contributed by atoms with Crippen LogP contribution in [0.3, 0.4) is 0 Å². The van der Waals surface area contributed by atoms with Crippen molar-refractivity contribution in [1.29, 1.82) is 0 Å². The molecule has 0 fully saturated rings. The highest BCUT2D eigenvalue weighted by Gasteiger charge is 2.19. The molecule has 0 radical (unpaired) electrons. The molecule has 1 N–H and O–H groups in total. The van der Waals surface area contributed by atoms with Gasteiger partial charge in [-0.2, -0.15) is 0 Å². The number of aliphatic carboxylic acids is 1. The standard InChI is InChI=1S/C25H28O5/c1-28-24(25(26)27)18-19-8-12-22(13-9-19)29-16-5-17-30-23-14-10-21(11-15-23)20-6-3-2-4-7-20/h2-4,6-12,14-15,22,24H,5,13,16-18H2,1H3,(H,26,27)/t22?,24-/m0/s1. The fourth-order valence-electron chi connectivity index (χ4n) is 3.26. The summed E-state index contributed by atoms with van der Waals surface area (Å²) in [4.78, 5) is 11.0. The summed E-state index contributed by atoms with van der Waals surface area (Å²) in [6.07, 6.45) is 7.04. The van der Waals surface area contributed by atoms with Crippen molar-refractivity contribution in [3.8, 4) is 16.9 Å². The summed E-state index contributed by atoms with van der Waals surface area (Å²) in [5, 5.41) is 9.06. The normalized spacial score (nSPS) is 16.7. The first-order valence-corrected chi connectivity index (χ1v) is 10.2. The number of methoxy groups -OCH3 is 1. The number of carboxylic acid groups (broad SMARTS) is 1. The van der Waals surface area contributed by atoms with E-state index < -0.39 is 12.1 Å². The number of hydrogen-bond acceptors (Lipinski definition) is 4. The Hall–Kier alpha value is -2.89. The first-order chi connectivity index (χ1) is 14.7. The van der Waals surface area contributed by atoms with Crippen molar-refractivity contribution < 1.29 is 24.1 Å². The van der Waals surface area contributed by atoms with Crippen LogP contribution >= 0.6 is 0 Å². The number of carboxylic acids is 1. The molecule has 0 bridgehead atoms. The minimum Gasteiger partial charge on any atom is -0.494 e. The van der Waals surface area contributed by atoms with Crippen molar-refractivity contribution in [2.75, 3.05) is 20.3 Å². The van der Waals surface area contributed by atoms with Crippen molar-refractivity contribution in [2.24, 2.45) is 0 Å². The molecule has 0 saturated heterocycles. The summed E-state index contributed by atoms with van der Waals surface area (Å²) < 4.78 is 16.6. The van der Waals surface area contributed by atoms with Crippen LogP contribution in [0.25, 0.3) is 11.1 Å². The van der Waals surface area contributed by atoms with Crippen molar-refractivity contribution >= 4 is 5.97 Å². The summed E-state index contributed by atoms with van der Waals surface area (Å²) in [5.41, 5.74) is 3.32. The maximum atomic E-state index is 11.0. The van der Waals surface area contributed by atoms with Crippen LogP contribution in [0.5, 0.6) is 5.75 Å². The highest BCUT2D eigenvalue weighted by atomic mass is 16.5. The van der Waals surface area contributed by atoms with E-state index in [2.05, 4.69) is 24.3 Å². The first kappa shape index (κ1) is 21.8. The fraction of sp³-hybridized carbons (Fsp3) is 0.320. The number of benzene rings is 2. The van der Waals surface area contributed by atoms with E-state index in [9.17, 15) is 4.79 Å². The lowest BCUT2D eigenvalue weighted by Gasteiger charge is -2.18. The lowest BCUT2D eigenvalue weighted by Crippen LogP contribution is -2.23. The second-order valence-corrected chi connectivity index (χ2v) is 7.14. The van der Waals surface area contributed by atoms with Crippen molar-refractivity contribution in [3.63, 3.8) is 0 Å². The van der Waals surface area contributed by atoms with Gasteiger partial charge < -0.3 is 19.3 Å². The molecule has 2 atom stereocenters. The predicted octanol–water partition coefficient (Wildman–Crippen LogP) is 4.88. The van der Waals surface area contributed by atoms with Crippen LogP contribution < -0.4 is 4.74 Å². The second-order valence-electron chi connectivity index (χ2n) is 7.14. The summed E-state index contributed by atoms with van der Waals surface area (Å²) >= 11 is 0. The van der Waals surface area contributed by atoms with E-state index >= 15 is 0 Å². The molecule has 0 aliphatic heterocycles. The predicted molar refractivity (Wildman–Crippen MR) is 117 cm³/mol. The Morgan fingerprint density at radius 2 is 1.80 bits per heavy atom. The van der Waals surface area contributed by atoms with E-state index in [4.69, 9.17) is 19.3 Å². The van der Waals surface area contributed by atoms with E-state index in [1.54, 1.807) is 0 Å². The highest BCUT2D eigenvalue weighted by molar-refractivity contribution is 5.72. The first-order valence-electron chi connectivity index (χ1n) is 10.2. The zero-order valence-electron chi connectivity index (χ0n) is 17.2. The van der Waals surface area contributed by atoms with Crippen molar-refractivity contribution in [2.45, 2.75) is 31.5 Å². The van der Waals surface area contributed by atoms with Crippen LogP contribution in [0.15, 0.2) is 78.4 Å². The van der Waals surface area contributed by atoms with Gasteiger partial charge in [0.2, 0.25) is 0 Å². The molecule has 0 heterocycles.